The van der Waals surface area contributed by atoms with Gasteiger partial charge in [-0.3, -0.25) is 4.79 Å². The molecule has 1 saturated heterocycles. The molecule has 1 heterocycles. The summed E-state index contributed by atoms with van der Waals surface area (Å²) < 4.78 is 15.1. The van der Waals surface area contributed by atoms with Crippen molar-refractivity contribution in [2.45, 2.75) is 50.8 Å². The quantitative estimate of drug-likeness (QED) is 0.105. The van der Waals surface area contributed by atoms with Gasteiger partial charge in [0.1, 0.15) is 12.1 Å². The lowest BCUT2D eigenvalue weighted by Gasteiger charge is -2.36. The van der Waals surface area contributed by atoms with Gasteiger partial charge in [-0.2, -0.15) is 5.10 Å². The number of cyclic esters (lactones) is 1. The lowest BCUT2D eigenvalue weighted by molar-refractivity contribution is -0.143. The second-order valence-corrected chi connectivity index (χ2v) is 8.03. The highest BCUT2D eigenvalue weighted by molar-refractivity contribution is 5.83. The number of unbranched alkanes of at least 4 members (excludes halogenated alkanes) is 1. The Labute approximate surface area is 204 Å². The maximum atomic E-state index is 12.5. The summed E-state index contributed by atoms with van der Waals surface area (Å²) >= 11 is 0. The van der Waals surface area contributed by atoms with Crippen molar-refractivity contribution in [3.63, 3.8) is 0 Å². The van der Waals surface area contributed by atoms with E-state index in [9.17, 15) is 19.2 Å². The molecule has 0 radical (unpaired) electrons. The molecule has 2 rings (SSSR count). The number of nitrogens with one attached hydrogen (secondary N) is 2. The summed E-state index contributed by atoms with van der Waals surface area (Å²) in [6, 6.07) is 5.96. The molecule has 0 unspecified atom stereocenters. The Balaban J connectivity index is 1.94. The standard InChI is InChI=1S/C23H33N5O7/c1-4-5-10-34-22(31)27-18(21(30)33-3)14-25-20(29)12-17-11-19(28(2)23(32)35-17)16-8-6-15(7-9-16)13-26-24/h6-9,13,17-19H,4-5,10-12,14,24H2,1-3H3,(H,25,29)(H,27,31)/t17-,18-,19+/m0/s1. The summed E-state index contributed by atoms with van der Waals surface area (Å²) in [5.74, 6) is 3.99. The van der Waals surface area contributed by atoms with Crippen LogP contribution in [0, 0.1) is 0 Å². The topological polar surface area (TPSA) is 162 Å². The van der Waals surface area contributed by atoms with Crippen molar-refractivity contribution in [2.24, 2.45) is 10.9 Å². The molecular formula is C23H33N5O7. The molecule has 1 aliphatic rings. The Kier molecular flexibility index (Phi) is 10.8. The van der Waals surface area contributed by atoms with Crippen molar-refractivity contribution in [1.29, 1.82) is 0 Å². The van der Waals surface area contributed by atoms with Crippen molar-refractivity contribution in [3.05, 3.63) is 35.4 Å². The van der Waals surface area contributed by atoms with Gasteiger partial charge in [0.15, 0.2) is 0 Å². The van der Waals surface area contributed by atoms with Crippen LogP contribution in [0.5, 0.6) is 0 Å². The maximum absolute atomic E-state index is 12.5. The Morgan fingerprint density at radius 3 is 2.66 bits per heavy atom. The van der Waals surface area contributed by atoms with Gasteiger partial charge in [0.2, 0.25) is 5.91 Å². The minimum atomic E-state index is -1.12. The van der Waals surface area contributed by atoms with E-state index >= 15 is 0 Å². The normalized spacial score (nSPS) is 18.5. The SMILES string of the molecule is CCCCOC(=O)N[C@@H](CNC(=O)C[C@@H]1C[C@H](c2ccc(C=NN)cc2)N(C)C(=O)O1)C(=O)OC. The number of hydrazone groups is 1. The van der Waals surface area contributed by atoms with E-state index in [1.54, 1.807) is 7.05 Å². The van der Waals surface area contributed by atoms with Crippen LogP contribution in [0.15, 0.2) is 29.4 Å². The number of nitrogens with zero attached hydrogens (tertiary/aromatic N) is 2. The molecule has 3 atom stereocenters. The molecule has 35 heavy (non-hydrogen) atoms. The molecule has 0 aliphatic carbocycles. The van der Waals surface area contributed by atoms with Gasteiger partial charge in [-0.05, 0) is 17.5 Å². The number of benzene rings is 1. The third-order valence-electron chi connectivity index (χ3n) is 5.48. The number of carbonyl (C=O) groups excluding carboxylic acids is 4. The average Bonchev–Trinajstić information content (AvgIpc) is 2.84. The molecule has 1 aromatic rings. The number of amides is 3. The first-order chi connectivity index (χ1) is 16.8. The molecule has 12 nitrogen and oxygen atoms in total. The zero-order valence-electron chi connectivity index (χ0n) is 20.2. The summed E-state index contributed by atoms with van der Waals surface area (Å²) in [7, 11) is 2.81. The number of hydrogen-bond acceptors (Lipinski definition) is 9. The van der Waals surface area contributed by atoms with Gasteiger partial charge in [0.25, 0.3) is 0 Å². The second-order valence-electron chi connectivity index (χ2n) is 8.03. The number of nitrogens with two attached hydrogens (primary N) is 1. The van der Waals surface area contributed by atoms with Crippen LogP contribution in [-0.4, -0.2) is 74.6 Å². The molecule has 12 heteroatoms. The summed E-state index contributed by atoms with van der Waals surface area (Å²) in [4.78, 5) is 50.2. The highest BCUT2D eigenvalue weighted by Gasteiger charge is 2.35. The van der Waals surface area contributed by atoms with Crippen molar-refractivity contribution < 1.29 is 33.4 Å². The Morgan fingerprint density at radius 1 is 1.31 bits per heavy atom. The molecular weight excluding hydrogens is 458 g/mol. The van der Waals surface area contributed by atoms with Gasteiger partial charge in [-0.25, -0.2) is 14.4 Å². The third kappa shape index (κ3) is 8.47. The van der Waals surface area contributed by atoms with Gasteiger partial charge in [0, 0.05) is 20.0 Å². The largest absolute Gasteiger partial charge is 0.467 e. The van der Waals surface area contributed by atoms with Crippen molar-refractivity contribution in [3.8, 4) is 0 Å². The highest BCUT2D eigenvalue weighted by Crippen LogP contribution is 2.31. The van der Waals surface area contributed by atoms with Gasteiger partial charge >= 0.3 is 18.2 Å². The van der Waals surface area contributed by atoms with E-state index in [0.29, 0.717) is 12.8 Å². The van der Waals surface area contributed by atoms with Crippen LogP contribution in [0.1, 0.15) is 49.8 Å². The van der Waals surface area contributed by atoms with Crippen LogP contribution in [0.25, 0.3) is 0 Å². The molecule has 1 fully saturated rings. The highest BCUT2D eigenvalue weighted by atomic mass is 16.6. The van der Waals surface area contributed by atoms with Crippen LogP contribution in [-0.2, 0) is 23.8 Å². The molecule has 3 amide bonds. The maximum Gasteiger partial charge on any atom is 0.410 e. The number of methoxy groups -OCH3 is 1. The number of carbonyl (C=O) groups is 4. The van der Waals surface area contributed by atoms with E-state index < -0.39 is 36.2 Å². The van der Waals surface area contributed by atoms with Gasteiger partial charge in [-0.1, -0.05) is 37.6 Å². The molecule has 1 aromatic carbocycles. The molecule has 192 valence electrons. The van der Waals surface area contributed by atoms with E-state index in [1.165, 1.54) is 18.2 Å². The van der Waals surface area contributed by atoms with E-state index in [0.717, 1.165) is 17.5 Å². The summed E-state index contributed by atoms with van der Waals surface area (Å²) in [5, 5.41) is 8.44. The van der Waals surface area contributed by atoms with Crippen LogP contribution in [0.2, 0.25) is 0 Å². The fraction of sp³-hybridized carbons (Fsp3) is 0.522. The minimum Gasteiger partial charge on any atom is -0.467 e. The van der Waals surface area contributed by atoms with E-state index in [-0.39, 0.29) is 25.6 Å². The monoisotopic (exact) mass is 491 g/mol. The molecule has 0 spiro atoms. The van der Waals surface area contributed by atoms with Crippen LogP contribution in [0.3, 0.4) is 0 Å². The molecule has 0 aromatic heterocycles. The molecule has 0 bridgehead atoms. The first-order valence-electron chi connectivity index (χ1n) is 11.3. The van der Waals surface area contributed by atoms with E-state index in [4.69, 9.17) is 15.3 Å². The molecule has 4 N–H and O–H groups in total. The van der Waals surface area contributed by atoms with Crippen molar-refractivity contribution in [1.82, 2.24) is 15.5 Å². The van der Waals surface area contributed by atoms with E-state index in [2.05, 4.69) is 20.5 Å². The van der Waals surface area contributed by atoms with E-state index in [1.807, 2.05) is 31.2 Å². The minimum absolute atomic E-state index is 0.108. The van der Waals surface area contributed by atoms with Crippen LogP contribution >= 0.6 is 0 Å². The zero-order valence-corrected chi connectivity index (χ0v) is 20.2. The zero-order chi connectivity index (χ0) is 25.8. The third-order valence-corrected chi connectivity index (χ3v) is 5.48. The Hall–Kier alpha value is -3.83. The molecule has 0 saturated carbocycles. The number of ether oxygens (including phenoxy) is 3. The first kappa shape index (κ1) is 27.4. The fourth-order valence-electron chi connectivity index (χ4n) is 3.51. The Bertz CT molecular complexity index is 906. The lowest BCUT2D eigenvalue weighted by atomic mass is 9.96. The number of esters is 1. The molecule has 1 aliphatic heterocycles. The Morgan fingerprint density at radius 2 is 2.03 bits per heavy atom. The van der Waals surface area contributed by atoms with Gasteiger partial charge in [-0.15, -0.1) is 0 Å². The fourth-order valence-corrected chi connectivity index (χ4v) is 3.51. The second kappa shape index (κ2) is 13.8. The van der Waals surface area contributed by atoms with Gasteiger partial charge < -0.3 is 35.6 Å². The van der Waals surface area contributed by atoms with Crippen LogP contribution in [0.4, 0.5) is 9.59 Å². The van der Waals surface area contributed by atoms with Crippen molar-refractivity contribution >= 4 is 30.3 Å². The predicted molar refractivity (Wildman–Crippen MR) is 126 cm³/mol. The smallest absolute Gasteiger partial charge is 0.410 e. The summed E-state index contributed by atoms with van der Waals surface area (Å²) in [6.07, 6.45) is 1.34. The number of rotatable bonds is 11. The first-order valence-corrected chi connectivity index (χ1v) is 11.3. The van der Waals surface area contributed by atoms with Crippen LogP contribution < -0.4 is 16.5 Å². The predicted octanol–water partition coefficient (Wildman–Crippen LogP) is 1.44. The number of alkyl carbamates (subject to hydrolysis) is 1. The van der Waals surface area contributed by atoms with Gasteiger partial charge in [0.05, 0.1) is 32.4 Å². The lowest BCUT2D eigenvalue weighted by Crippen LogP contribution is -2.50. The van der Waals surface area contributed by atoms with Crippen molar-refractivity contribution in [2.75, 3.05) is 27.3 Å². The summed E-state index contributed by atoms with van der Waals surface area (Å²) in [5.41, 5.74) is 1.69. The average molecular weight is 492 g/mol. The summed E-state index contributed by atoms with van der Waals surface area (Å²) in [6.45, 7) is 1.96. The number of hydrogen-bond donors (Lipinski definition) is 3.